The van der Waals surface area contributed by atoms with Crippen LogP contribution in [-0.4, -0.2) is 25.3 Å². The fourth-order valence-corrected chi connectivity index (χ4v) is 6.11. The Morgan fingerprint density at radius 1 is 1.04 bits per heavy atom. The van der Waals surface area contributed by atoms with Crippen LogP contribution in [0.3, 0.4) is 0 Å². The lowest BCUT2D eigenvalue weighted by molar-refractivity contribution is 0.0202. The number of hydrogen-bond donors (Lipinski definition) is 1. The number of hydrogen-bond acceptors (Lipinski definition) is 3. The minimum atomic E-state index is -3.32. The van der Waals surface area contributed by atoms with Crippen molar-refractivity contribution in [2.24, 2.45) is 5.92 Å². The van der Waals surface area contributed by atoms with E-state index in [-0.39, 0.29) is 17.6 Å². The Hall–Kier alpha value is -0.590. The third-order valence-electron chi connectivity index (χ3n) is 6.23. The molecular weight excluding hydrogens is 426 g/mol. The maximum atomic E-state index is 12.8. The van der Waals surface area contributed by atoms with Crippen LogP contribution in [0, 0.1) is 5.92 Å². The van der Waals surface area contributed by atoms with E-state index in [9.17, 15) is 8.42 Å². The standard InChI is InChI=1S/C21H32BrNO3S/c1-16(2)27(24,25)23-21(14-6-3-7-15-21)19-8-4-5-9-20(19)26-18-12-10-17(22)11-13-18/h10-13,16,19-20,23H,3-9,14-15H2,1-2H3/t19-,20+/m0/s1. The largest absolute Gasteiger partial charge is 0.490 e. The minimum Gasteiger partial charge on any atom is -0.490 e. The molecule has 2 saturated carbocycles. The second kappa shape index (κ2) is 8.83. The summed E-state index contributed by atoms with van der Waals surface area (Å²) >= 11 is 3.47. The molecular formula is C21H32BrNO3S. The van der Waals surface area contributed by atoms with Gasteiger partial charge in [0.05, 0.1) is 5.25 Å². The normalized spacial score (nSPS) is 26.1. The molecule has 2 fully saturated rings. The molecule has 0 bridgehead atoms. The Balaban J connectivity index is 1.87. The first-order valence-corrected chi connectivity index (χ1v) is 12.6. The number of sulfonamides is 1. The van der Waals surface area contributed by atoms with E-state index in [0.717, 1.165) is 61.6 Å². The quantitative estimate of drug-likeness (QED) is 0.620. The van der Waals surface area contributed by atoms with E-state index in [1.54, 1.807) is 13.8 Å². The van der Waals surface area contributed by atoms with Crippen LogP contribution in [-0.2, 0) is 10.0 Å². The highest BCUT2D eigenvalue weighted by molar-refractivity contribution is 9.10. The molecule has 4 nitrogen and oxygen atoms in total. The number of halogens is 1. The Morgan fingerprint density at radius 3 is 2.30 bits per heavy atom. The average molecular weight is 458 g/mol. The molecule has 0 aromatic heterocycles. The third kappa shape index (κ3) is 5.07. The van der Waals surface area contributed by atoms with Crippen molar-refractivity contribution in [2.45, 2.75) is 88.5 Å². The topological polar surface area (TPSA) is 55.4 Å². The lowest BCUT2D eigenvalue weighted by Crippen LogP contribution is -2.60. The van der Waals surface area contributed by atoms with Gasteiger partial charge in [-0.2, -0.15) is 0 Å². The molecule has 2 aliphatic rings. The molecule has 1 N–H and O–H groups in total. The van der Waals surface area contributed by atoms with Crippen molar-refractivity contribution in [1.82, 2.24) is 4.72 Å². The second-order valence-electron chi connectivity index (χ2n) is 8.41. The fourth-order valence-electron chi connectivity index (χ4n) is 4.69. The van der Waals surface area contributed by atoms with Crippen LogP contribution >= 0.6 is 15.9 Å². The van der Waals surface area contributed by atoms with E-state index in [4.69, 9.17) is 4.74 Å². The SMILES string of the molecule is CC(C)S(=O)(=O)NC1([C@H]2CCCC[C@H]2Oc2ccc(Br)cc2)CCCCC1. The van der Waals surface area contributed by atoms with Crippen LogP contribution in [0.25, 0.3) is 0 Å². The Bertz CT molecular complexity index is 711. The first-order chi connectivity index (χ1) is 12.8. The molecule has 0 saturated heterocycles. The highest BCUT2D eigenvalue weighted by Crippen LogP contribution is 2.43. The first kappa shape index (κ1) is 21.1. The van der Waals surface area contributed by atoms with Gasteiger partial charge in [-0.25, -0.2) is 13.1 Å². The second-order valence-corrected chi connectivity index (χ2v) is 11.6. The zero-order chi connectivity index (χ0) is 19.5. The van der Waals surface area contributed by atoms with Gasteiger partial charge in [0, 0.05) is 15.9 Å². The predicted molar refractivity (Wildman–Crippen MR) is 114 cm³/mol. The summed E-state index contributed by atoms with van der Waals surface area (Å²) in [4.78, 5) is 0. The van der Waals surface area contributed by atoms with Gasteiger partial charge in [0.25, 0.3) is 0 Å². The van der Waals surface area contributed by atoms with Gasteiger partial charge in [-0.15, -0.1) is 0 Å². The van der Waals surface area contributed by atoms with Crippen LogP contribution in [0.15, 0.2) is 28.7 Å². The van der Waals surface area contributed by atoms with Crippen molar-refractivity contribution in [3.63, 3.8) is 0 Å². The van der Waals surface area contributed by atoms with Gasteiger partial charge < -0.3 is 4.74 Å². The highest BCUT2D eigenvalue weighted by Gasteiger charge is 2.47. The molecule has 1 aromatic carbocycles. The van der Waals surface area contributed by atoms with Crippen molar-refractivity contribution in [1.29, 1.82) is 0 Å². The van der Waals surface area contributed by atoms with Gasteiger partial charge in [-0.05, 0) is 70.2 Å². The van der Waals surface area contributed by atoms with Crippen molar-refractivity contribution in [2.75, 3.05) is 0 Å². The number of rotatable bonds is 6. The van der Waals surface area contributed by atoms with E-state index in [1.165, 1.54) is 6.42 Å². The van der Waals surface area contributed by atoms with E-state index in [1.807, 2.05) is 24.3 Å². The summed E-state index contributed by atoms with van der Waals surface area (Å²) in [5, 5.41) is -0.411. The van der Waals surface area contributed by atoms with Crippen molar-refractivity contribution < 1.29 is 13.2 Å². The van der Waals surface area contributed by atoms with Crippen LogP contribution < -0.4 is 9.46 Å². The number of benzene rings is 1. The van der Waals surface area contributed by atoms with Gasteiger partial charge in [0.1, 0.15) is 11.9 Å². The van der Waals surface area contributed by atoms with Gasteiger partial charge in [-0.3, -0.25) is 0 Å². The summed E-state index contributed by atoms with van der Waals surface area (Å²) in [5.41, 5.74) is -0.359. The number of nitrogens with one attached hydrogen (secondary N) is 1. The molecule has 3 rings (SSSR count). The summed E-state index contributed by atoms with van der Waals surface area (Å²) in [7, 11) is -3.32. The molecule has 27 heavy (non-hydrogen) atoms. The molecule has 6 heteroatoms. The van der Waals surface area contributed by atoms with Crippen LogP contribution in [0.1, 0.15) is 71.6 Å². The molecule has 0 heterocycles. The maximum absolute atomic E-state index is 12.8. The van der Waals surface area contributed by atoms with Gasteiger partial charge in [0.2, 0.25) is 10.0 Å². The average Bonchev–Trinajstić information content (AvgIpc) is 2.64. The molecule has 0 spiro atoms. The molecule has 0 amide bonds. The third-order valence-corrected chi connectivity index (χ3v) is 8.69. The summed E-state index contributed by atoms with van der Waals surface area (Å²) in [6.07, 6.45) is 9.58. The Kier molecular flexibility index (Phi) is 6.91. The van der Waals surface area contributed by atoms with Gasteiger partial charge in [-0.1, -0.05) is 41.6 Å². The highest BCUT2D eigenvalue weighted by atomic mass is 79.9. The van der Waals surface area contributed by atoms with Crippen molar-refractivity contribution in [3.8, 4) is 5.75 Å². The minimum absolute atomic E-state index is 0.0629. The fraction of sp³-hybridized carbons (Fsp3) is 0.714. The van der Waals surface area contributed by atoms with E-state index in [2.05, 4.69) is 20.7 Å². The smallest absolute Gasteiger partial charge is 0.214 e. The molecule has 1 aromatic rings. The summed E-state index contributed by atoms with van der Waals surface area (Å²) in [6.45, 7) is 3.52. The molecule has 0 unspecified atom stereocenters. The van der Waals surface area contributed by atoms with Crippen LogP contribution in [0.5, 0.6) is 5.75 Å². The predicted octanol–water partition coefficient (Wildman–Crippen LogP) is 5.42. The maximum Gasteiger partial charge on any atom is 0.214 e. The Morgan fingerprint density at radius 2 is 1.67 bits per heavy atom. The van der Waals surface area contributed by atoms with Crippen molar-refractivity contribution in [3.05, 3.63) is 28.7 Å². The van der Waals surface area contributed by atoms with Crippen LogP contribution in [0.2, 0.25) is 0 Å². The molecule has 0 aliphatic heterocycles. The summed E-state index contributed by atoms with van der Waals surface area (Å²) in [6, 6.07) is 7.96. The lowest BCUT2D eigenvalue weighted by atomic mass is 9.67. The summed E-state index contributed by atoms with van der Waals surface area (Å²) < 4.78 is 36.2. The van der Waals surface area contributed by atoms with Crippen LogP contribution in [0.4, 0.5) is 0 Å². The van der Waals surface area contributed by atoms with Gasteiger partial charge in [0.15, 0.2) is 0 Å². The zero-order valence-corrected chi connectivity index (χ0v) is 18.8. The summed E-state index contributed by atoms with van der Waals surface area (Å²) in [5.74, 6) is 1.09. The Labute approximate surface area is 172 Å². The molecule has 2 atom stereocenters. The van der Waals surface area contributed by atoms with Gasteiger partial charge >= 0.3 is 0 Å². The molecule has 0 radical (unpaired) electrons. The lowest BCUT2D eigenvalue weighted by Gasteiger charge is -2.48. The number of ether oxygens (including phenoxy) is 1. The first-order valence-electron chi connectivity index (χ1n) is 10.3. The van der Waals surface area contributed by atoms with E-state index < -0.39 is 15.3 Å². The molecule has 2 aliphatic carbocycles. The van der Waals surface area contributed by atoms with Crippen molar-refractivity contribution >= 4 is 26.0 Å². The zero-order valence-electron chi connectivity index (χ0n) is 16.4. The molecule has 152 valence electrons. The van der Waals surface area contributed by atoms with E-state index >= 15 is 0 Å². The van der Waals surface area contributed by atoms with E-state index in [0.29, 0.717) is 0 Å². The monoisotopic (exact) mass is 457 g/mol.